The Morgan fingerprint density at radius 2 is 1.96 bits per heavy atom. The number of carbonyl (C=O) groups is 2. The van der Waals surface area contributed by atoms with Gasteiger partial charge in [0.2, 0.25) is 5.91 Å². The molecule has 1 atom stereocenters. The lowest BCUT2D eigenvalue weighted by atomic mass is 10.2. The van der Waals surface area contributed by atoms with Crippen LogP contribution in [0, 0.1) is 0 Å². The van der Waals surface area contributed by atoms with Crippen molar-refractivity contribution in [3.8, 4) is 5.75 Å². The third-order valence-electron chi connectivity index (χ3n) is 4.24. The van der Waals surface area contributed by atoms with E-state index in [0.29, 0.717) is 12.2 Å². The van der Waals surface area contributed by atoms with Crippen LogP contribution in [0.1, 0.15) is 12.8 Å². The Balaban J connectivity index is 1.70. The lowest BCUT2D eigenvalue weighted by Crippen LogP contribution is -3.14. The molecular weight excluding hydrogens is 326 g/mol. The quantitative estimate of drug-likeness (QED) is 0.274. The van der Waals surface area contributed by atoms with E-state index in [2.05, 4.69) is 5.32 Å². The highest BCUT2D eigenvalue weighted by atomic mass is 16.5. The van der Waals surface area contributed by atoms with Crippen molar-refractivity contribution in [1.29, 1.82) is 0 Å². The first kappa shape index (κ1) is 19.2. The summed E-state index contributed by atoms with van der Waals surface area (Å²) in [5.41, 5.74) is 0.510. The van der Waals surface area contributed by atoms with Crippen molar-refractivity contribution in [2.45, 2.75) is 18.9 Å². The lowest BCUT2D eigenvalue weighted by Gasteiger charge is -2.23. The third-order valence-corrected chi connectivity index (χ3v) is 4.24. The summed E-state index contributed by atoms with van der Waals surface area (Å²) in [4.78, 5) is 24.7. The Labute approximate surface area is 146 Å². The maximum Gasteiger partial charge on any atom is 0.230 e. The monoisotopic (exact) mass is 352 g/mol. The molecule has 0 unspecified atom stereocenters. The summed E-state index contributed by atoms with van der Waals surface area (Å²) in [6.45, 7) is 5.13. The van der Waals surface area contributed by atoms with Crippen LogP contribution in [0.4, 0.5) is 5.69 Å². The molecular formula is C17H26N3O5+. The van der Waals surface area contributed by atoms with E-state index in [0.717, 1.165) is 39.3 Å². The van der Waals surface area contributed by atoms with Crippen LogP contribution in [-0.4, -0.2) is 62.4 Å². The fraction of sp³-hybridized carbons (Fsp3) is 0.529. The number of rotatable bonds is 9. The number of carbonyl (C=O) groups excluding carboxylic acids is 2. The van der Waals surface area contributed by atoms with E-state index in [1.807, 2.05) is 0 Å². The number of benzene rings is 1. The van der Waals surface area contributed by atoms with Crippen molar-refractivity contribution in [1.82, 2.24) is 0 Å². The maximum absolute atomic E-state index is 12.0. The number of phenolic OH excluding ortho intramolecular Hbond substituents is 1. The van der Waals surface area contributed by atoms with Gasteiger partial charge in [-0.25, -0.2) is 0 Å². The number of quaternary nitrogens is 2. The molecule has 8 heteroatoms. The summed E-state index contributed by atoms with van der Waals surface area (Å²) in [6, 6.07) is 5.10. The van der Waals surface area contributed by atoms with Gasteiger partial charge >= 0.3 is 0 Å². The smallest absolute Gasteiger partial charge is 0.230 e. The highest BCUT2D eigenvalue weighted by Crippen LogP contribution is 2.13. The molecule has 1 saturated heterocycles. The fourth-order valence-electron chi connectivity index (χ4n) is 2.80. The first-order valence-corrected chi connectivity index (χ1v) is 8.59. The van der Waals surface area contributed by atoms with Gasteiger partial charge in [-0.05, 0) is 24.3 Å². The van der Waals surface area contributed by atoms with Gasteiger partial charge < -0.3 is 35.3 Å². The molecule has 1 aromatic rings. The number of nitrogens with one attached hydrogen (secondary N) is 2. The Bertz CT molecular complexity index is 558. The van der Waals surface area contributed by atoms with Crippen LogP contribution in [0.15, 0.2) is 24.3 Å². The average molecular weight is 352 g/mol. The van der Waals surface area contributed by atoms with Gasteiger partial charge in [-0.15, -0.1) is 0 Å². The van der Waals surface area contributed by atoms with E-state index in [-0.39, 0.29) is 12.2 Å². The van der Waals surface area contributed by atoms with E-state index >= 15 is 0 Å². The number of aliphatic carboxylic acids is 1. The molecule has 1 heterocycles. The number of nitrogens with two attached hydrogens (primary N) is 1. The summed E-state index contributed by atoms with van der Waals surface area (Å²) in [7, 11) is 0. The number of ether oxygens (including phenoxy) is 1. The Morgan fingerprint density at radius 1 is 1.28 bits per heavy atom. The number of hydrogen-bond acceptors (Lipinski definition) is 5. The highest BCUT2D eigenvalue weighted by Gasteiger charge is 2.19. The fourth-order valence-corrected chi connectivity index (χ4v) is 2.80. The van der Waals surface area contributed by atoms with Crippen molar-refractivity contribution < 1.29 is 34.8 Å². The molecule has 1 aromatic carbocycles. The van der Waals surface area contributed by atoms with Gasteiger partial charge in [-0.1, -0.05) is 0 Å². The summed E-state index contributed by atoms with van der Waals surface area (Å²) >= 11 is 0. The first-order valence-electron chi connectivity index (χ1n) is 8.59. The van der Waals surface area contributed by atoms with Crippen LogP contribution in [0.3, 0.4) is 0 Å². The van der Waals surface area contributed by atoms with E-state index < -0.39 is 17.9 Å². The molecule has 138 valence electrons. The van der Waals surface area contributed by atoms with Gasteiger partial charge in [0.1, 0.15) is 24.9 Å². The largest absolute Gasteiger partial charge is 0.544 e. The van der Waals surface area contributed by atoms with Crippen LogP contribution < -0.4 is 20.6 Å². The second-order valence-corrected chi connectivity index (χ2v) is 6.22. The van der Waals surface area contributed by atoms with Gasteiger partial charge in [0.05, 0.1) is 38.7 Å². The third kappa shape index (κ3) is 7.08. The van der Waals surface area contributed by atoms with Gasteiger partial charge in [0.25, 0.3) is 0 Å². The number of aromatic hydroxyl groups is 1. The van der Waals surface area contributed by atoms with Crippen LogP contribution in [-0.2, 0) is 14.3 Å². The standard InChI is InChI=1S/C17H25N3O5/c21-14-4-2-13(3-5-14)19-16(22)12-15(17(23)24)18-6-1-7-20-8-10-25-11-9-20/h2-5,15,18,21H,1,6-12H2,(H,19,22)(H,23,24)/p+1/t15-/m0/s1. The van der Waals surface area contributed by atoms with Crippen molar-refractivity contribution in [2.75, 3.05) is 44.7 Å². The number of phenols is 1. The topological polar surface area (TPSA) is 120 Å². The molecule has 0 spiro atoms. The number of anilines is 1. The predicted molar refractivity (Wildman–Crippen MR) is 87.9 cm³/mol. The summed E-state index contributed by atoms with van der Waals surface area (Å²) in [5.74, 6) is -1.53. The second-order valence-electron chi connectivity index (χ2n) is 6.22. The summed E-state index contributed by atoms with van der Waals surface area (Å²) < 4.78 is 5.30. The Hall–Kier alpha value is -2.16. The minimum Gasteiger partial charge on any atom is -0.544 e. The van der Waals surface area contributed by atoms with Crippen molar-refractivity contribution in [2.24, 2.45) is 0 Å². The number of carboxylic acid groups (broad SMARTS) is 1. The first-order chi connectivity index (χ1) is 12.0. The number of morpholine rings is 1. The van der Waals surface area contributed by atoms with Crippen LogP contribution >= 0.6 is 0 Å². The number of hydrogen-bond donors (Lipinski definition) is 4. The van der Waals surface area contributed by atoms with E-state index in [4.69, 9.17) is 4.74 Å². The second kappa shape index (κ2) is 9.97. The molecule has 0 aliphatic carbocycles. The van der Waals surface area contributed by atoms with Crippen molar-refractivity contribution >= 4 is 17.6 Å². The van der Waals surface area contributed by atoms with E-state index in [1.165, 1.54) is 17.0 Å². The summed E-state index contributed by atoms with van der Waals surface area (Å²) in [6.07, 6.45) is 0.715. The summed E-state index contributed by atoms with van der Waals surface area (Å²) in [5, 5.41) is 24.7. The minimum atomic E-state index is -1.24. The molecule has 1 aliphatic rings. The molecule has 2 rings (SSSR count). The number of amides is 1. The van der Waals surface area contributed by atoms with Crippen LogP contribution in [0.25, 0.3) is 0 Å². The van der Waals surface area contributed by atoms with E-state index in [9.17, 15) is 19.8 Å². The molecule has 0 radical (unpaired) electrons. The molecule has 0 saturated carbocycles. The van der Waals surface area contributed by atoms with Gasteiger partial charge in [0.15, 0.2) is 0 Å². The Morgan fingerprint density at radius 3 is 2.60 bits per heavy atom. The highest BCUT2D eigenvalue weighted by molar-refractivity contribution is 5.93. The minimum absolute atomic E-state index is 0.0985. The molecule has 1 aliphatic heterocycles. The van der Waals surface area contributed by atoms with Crippen molar-refractivity contribution in [3.05, 3.63) is 24.3 Å². The maximum atomic E-state index is 12.0. The molecule has 25 heavy (non-hydrogen) atoms. The molecule has 5 N–H and O–H groups in total. The zero-order valence-corrected chi connectivity index (χ0v) is 14.2. The molecule has 0 aromatic heterocycles. The molecule has 0 bridgehead atoms. The lowest BCUT2D eigenvalue weighted by molar-refractivity contribution is -0.909. The zero-order chi connectivity index (χ0) is 18.1. The van der Waals surface area contributed by atoms with Crippen LogP contribution in [0.5, 0.6) is 5.75 Å². The normalized spacial score (nSPS) is 16.3. The van der Waals surface area contributed by atoms with Gasteiger partial charge in [-0.3, -0.25) is 4.79 Å². The van der Waals surface area contributed by atoms with Gasteiger partial charge in [-0.2, -0.15) is 0 Å². The predicted octanol–water partition coefficient (Wildman–Crippen LogP) is -3.29. The SMILES string of the molecule is O=C(C[C@H]([NH2+]CCC[NH+]1CCOCC1)C(=O)[O-])Nc1ccc(O)cc1. The van der Waals surface area contributed by atoms with Crippen LogP contribution in [0.2, 0.25) is 0 Å². The molecule has 1 amide bonds. The average Bonchev–Trinajstić information content (AvgIpc) is 2.60. The number of carboxylic acids is 1. The molecule has 1 fully saturated rings. The van der Waals surface area contributed by atoms with E-state index in [1.54, 1.807) is 17.4 Å². The Kier molecular flexibility index (Phi) is 7.65. The molecule has 8 nitrogen and oxygen atoms in total. The van der Waals surface area contributed by atoms with Crippen molar-refractivity contribution in [3.63, 3.8) is 0 Å². The van der Waals surface area contributed by atoms with Gasteiger partial charge in [0, 0.05) is 12.1 Å². The zero-order valence-electron chi connectivity index (χ0n) is 14.2.